The van der Waals surface area contributed by atoms with E-state index >= 15 is 0 Å². The lowest BCUT2D eigenvalue weighted by molar-refractivity contribution is 0.398. The molecule has 0 aliphatic carbocycles. The van der Waals surface area contributed by atoms with Crippen LogP contribution in [-0.4, -0.2) is 21.9 Å². The Morgan fingerprint density at radius 2 is 1.77 bits per heavy atom. The molecular formula is C16H17ClINO3. The monoisotopic (exact) mass is 433 g/mol. The zero-order valence-electron chi connectivity index (χ0n) is 11.7. The third-order valence-electron chi connectivity index (χ3n) is 3.85. The van der Waals surface area contributed by atoms with Gasteiger partial charge in [-0.15, -0.1) is 12.4 Å². The van der Waals surface area contributed by atoms with Crippen molar-refractivity contribution in [2.24, 2.45) is 0 Å². The minimum Gasteiger partial charge on any atom is -0.507 e. The van der Waals surface area contributed by atoms with Gasteiger partial charge >= 0.3 is 0 Å². The quantitative estimate of drug-likeness (QED) is 0.433. The predicted molar refractivity (Wildman–Crippen MR) is 96.0 cm³/mol. The highest BCUT2D eigenvalue weighted by molar-refractivity contribution is 14.1. The van der Waals surface area contributed by atoms with E-state index in [0.717, 1.165) is 39.6 Å². The number of hydrogen-bond donors (Lipinski definition) is 4. The first kappa shape index (κ1) is 17.2. The second-order valence-electron chi connectivity index (χ2n) is 5.29. The molecule has 0 aromatic heterocycles. The Kier molecular flexibility index (Phi) is 5.41. The van der Waals surface area contributed by atoms with Crippen molar-refractivity contribution in [1.29, 1.82) is 0 Å². The maximum atomic E-state index is 9.73. The summed E-state index contributed by atoms with van der Waals surface area (Å²) in [5.41, 5.74) is 3.22. The molecule has 0 spiro atoms. The van der Waals surface area contributed by atoms with E-state index in [0.29, 0.717) is 5.75 Å². The molecule has 0 radical (unpaired) electrons. The summed E-state index contributed by atoms with van der Waals surface area (Å²) in [4.78, 5) is 0. The van der Waals surface area contributed by atoms with Crippen LogP contribution in [0.4, 0.5) is 0 Å². The molecule has 0 fully saturated rings. The molecule has 1 unspecified atom stereocenters. The minimum absolute atomic E-state index is 0. The fourth-order valence-electron chi connectivity index (χ4n) is 2.76. The second-order valence-corrected chi connectivity index (χ2v) is 6.45. The first-order chi connectivity index (χ1) is 10.0. The molecule has 22 heavy (non-hydrogen) atoms. The summed E-state index contributed by atoms with van der Waals surface area (Å²) >= 11 is 2.11. The Balaban J connectivity index is 0.00000176. The summed E-state index contributed by atoms with van der Waals surface area (Å²) in [5, 5.41) is 32.4. The van der Waals surface area contributed by atoms with E-state index < -0.39 is 0 Å². The number of fused-ring (bicyclic) bond motifs is 1. The van der Waals surface area contributed by atoms with E-state index in [9.17, 15) is 15.3 Å². The van der Waals surface area contributed by atoms with Crippen LogP contribution in [0.1, 0.15) is 22.7 Å². The van der Waals surface area contributed by atoms with Crippen LogP contribution >= 0.6 is 35.0 Å². The zero-order valence-corrected chi connectivity index (χ0v) is 14.7. The molecule has 4 nitrogen and oxygen atoms in total. The lowest BCUT2D eigenvalue weighted by Crippen LogP contribution is -2.31. The molecule has 2 aromatic carbocycles. The van der Waals surface area contributed by atoms with Crippen molar-refractivity contribution in [3.05, 3.63) is 50.6 Å². The normalized spacial score (nSPS) is 16.7. The van der Waals surface area contributed by atoms with Gasteiger partial charge in [-0.3, -0.25) is 0 Å². The molecular weight excluding hydrogens is 417 g/mol. The van der Waals surface area contributed by atoms with Gasteiger partial charge in [-0.1, -0.05) is 6.07 Å². The maximum Gasteiger partial charge on any atom is 0.157 e. The van der Waals surface area contributed by atoms with Crippen molar-refractivity contribution < 1.29 is 15.3 Å². The van der Waals surface area contributed by atoms with Gasteiger partial charge in [0.1, 0.15) is 5.75 Å². The van der Waals surface area contributed by atoms with Crippen LogP contribution in [0.25, 0.3) is 0 Å². The molecule has 118 valence electrons. The van der Waals surface area contributed by atoms with E-state index in [1.54, 1.807) is 18.2 Å². The molecule has 1 heterocycles. The molecule has 3 rings (SSSR count). The van der Waals surface area contributed by atoms with Gasteiger partial charge < -0.3 is 20.6 Å². The van der Waals surface area contributed by atoms with E-state index in [1.165, 1.54) is 0 Å². The van der Waals surface area contributed by atoms with Crippen LogP contribution in [0.5, 0.6) is 17.2 Å². The van der Waals surface area contributed by atoms with Gasteiger partial charge in [0.15, 0.2) is 11.5 Å². The van der Waals surface area contributed by atoms with E-state index in [-0.39, 0.29) is 29.9 Å². The van der Waals surface area contributed by atoms with E-state index in [1.807, 2.05) is 12.1 Å². The number of hydrogen-bond acceptors (Lipinski definition) is 4. The van der Waals surface area contributed by atoms with Crippen molar-refractivity contribution in [3.63, 3.8) is 0 Å². The number of benzene rings is 2. The van der Waals surface area contributed by atoms with E-state index in [4.69, 9.17) is 0 Å². The Morgan fingerprint density at radius 3 is 2.50 bits per heavy atom. The molecule has 6 heteroatoms. The van der Waals surface area contributed by atoms with E-state index in [2.05, 4.69) is 27.9 Å². The van der Waals surface area contributed by atoms with Gasteiger partial charge in [0.05, 0.1) is 3.57 Å². The van der Waals surface area contributed by atoms with Gasteiger partial charge in [-0.2, -0.15) is 0 Å². The predicted octanol–water partition coefficient (Wildman–Crippen LogP) is 3.26. The first-order valence-electron chi connectivity index (χ1n) is 6.80. The SMILES string of the molecule is Cl.Oc1cc2c(cc1O)C(Cc1ccc(O)c(I)c1)NCC2. The molecule has 4 N–H and O–H groups in total. The maximum absolute atomic E-state index is 9.73. The zero-order chi connectivity index (χ0) is 15.0. The number of phenols is 3. The average Bonchev–Trinajstić information content (AvgIpc) is 2.45. The summed E-state index contributed by atoms with van der Waals surface area (Å²) in [6.45, 7) is 0.844. The molecule has 0 saturated heterocycles. The summed E-state index contributed by atoms with van der Waals surface area (Å²) in [7, 11) is 0. The number of nitrogens with one attached hydrogen (secondary N) is 1. The third kappa shape index (κ3) is 3.42. The summed E-state index contributed by atoms with van der Waals surface area (Å²) in [5.74, 6) is 0.148. The molecule has 1 aliphatic rings. The number of rotatable bonds is 2. The van der Waals surface area contributed by atoms with Crippen molar-refractivity contribution in [1.82, 2.24) is 5.32 Å². The smallest absolute Gasteiger partial charge is 0.157 e. The Labute approximate surface area is 148 Å². The van der Waals surface area contributed by atoms with Crippen LogP contribution in [0, 0.1) is 3.57 Å². The summed E-state index contributed by atoms with van der Waals surface area (Å²) in [6.07, 6.45) is 1.61. The average molecular weight is 434 g/mol. The standard InChI is InChI=1S/C16H16INO3.ClH/c17-12-5-9(1-2-14(12)19)6-13-11-8-16(21)15(20)7-10(11)3-4-18-13;/h1-2,5,7-8,13,18-21H,3-4,6H2;1H. The highest BCUT2D eigenvalue weighted by Gasteiger charge is 2.22. The van der Waals surface area contributed by atoms with Crippen molar-refractivity contribution >= 4 is 35.0 Å². The lowest BCUT2D eigenvalue weighted by atomic mass is 9.90. The largest absolute Gasteiger partial charge is 0.507 e. The van der Waals surface area contributed by atoms with Gasteiger partial charge in [-0.25, -0.2) is 0 Å². The molecule has 0 amide bonds. The minimum atomic E-state index is -0.0808. The van der Waals surface area contributed by atoms with Gasteiger partial charge in [-0.05, 0) is 82.9 Å². The fraction of sp³-hybridized carbons (Fsp3) is 0.250. The van der Waals surface area contributed by atoms with Crippen molar-refractivity contribution in [3.8, 4) is 17.2 Å². The topological polar surface area (TPSA) is 72.7 Å². The highest BCUT2D eigenvalue weighted by Crippen LogP contribution is 2.35. The number of halogens is 2. The van der Waals surface area contributed by atoms with Crippen LogP contribution in [0.3, 0.4) is 0 Å². The first-order valence-corrected chi connectivity index (χ1v) is 7.88. The molecule has 1 atom stereocenters. The van der Waals surface area contributed by atoms with Crippen LogP contribution < -0.4 is 5.32 Å². The second kappa shape index (κ2) is 6.93. The lowest BCUT2D eigenvalue weighted by Gasteiger charge is -2.27. The van der Waals surface area contributed by atoms with Crippen LogP contribution in [-0.2, 0) is 12.8 Å². The van der Waals surface area contributed by atoms with Gasteiger partial charge in [0.2, 0.25) is 0 Å². The van der Waals surface area contributed by atoms with Crippen LogP contribution in [0.2, 0.25) is 0 Å². The molecule has 2 aromatic rings. The van der Waals surface area contributed by atoms with Crippen molar-refractivity contribution in [2.75, 3.05) is 6.54 Å². The summed E-state index contributed by atoms with van der Waals surface area (Å²) in [6, 6.07) is 8.97. The Bertz CT molecular complexity index is 693. The summed E-state index contributed by atoms with van der Waals surface area (Å²) < 4.78 is 0.828. The van der Waals surface area contributed by atoms with Gasteiger partial charge in [0.25, 0.3) is 0 Å². The number of phenolic OH excluding ortho intramolecular Hbond substituents is 3. The molecule has 0 saturated carbocycles. The fourth-order valence-corrected chi connectivity index (χ4v) is 3.34. The molecule has 0 bridgehead atoms. The highest BCUT2D eigenvalue weighted by atomic mass is 127. The Morgan fingerprint density at radius 1 is 1.05 bits per heavy atom. The number of aromatic hydroxyl groups is 3. The van der Waals surface area contributed by atoms with Crippen molar-refractivity contribution in [2.45, 2.75) is 18.9 Å². The molecule has 1 aliphatic heterocycles. The Hall–Kier alpha value is -1.18. The van der Waals surface area contributed by atoms with Crippen LogP contribution in [0.15, 0.2) is 30.3 Å². The van der Waals surface area contributed by atoms with Gasteiger partial charge in [0, 0.05) is 6.04 Å². The third-order valence-corrected chi connectivity index (χ3v) is 4.71.